The minimum absolute atomic E-state index is 0.172. The lowest BCUT2D eigenvalue weighted by molar-refractivity contribution is 0.0264. The fraction of sp³-hybridized carbons (Fsp3) is 0.462. The number of carbonyl (C=O) groups is 1. The molecule has 0 bridgehead atoms. The number of ether oxygens (including phenoxy) is 1. The average Bonchev–Trinajstić information content (AvgIpc) is 2.77. The highest BCUT2D eigenvalue weighted by molar-refractivity contribution is 9.10. The summed E-state index contributed by atoms with van der Waals surface area (Å²) in [4.78, 5) is 12.0. The Labute approximate surface area is 114 Å². The summed E-state index contributed by atoms with van der Waals surface area (Å²) in [6.07, 6.45) is 0.560. The zero-order valence-corrected chi connectivity index (χ0v) is 11.8. The molecule has 2 rings (SSSR count). The van der Waals surface area contributed by atoms with Crippen molar-refractivity contribution in [1.82, 2.24) is 5.32 Å². The van der Waals surface area contributed by atoms with E-state index in [1.165, 1.54) is 0 Å². The molecule has 1 saturated heterocycles. The van der Waals surface area contributed by atoms with Gasteiger partial charge in [-0.25, -0.2) is 0 Å². The first-order chi connectivity index (χ1) is 8.52. The van der Waals surface area contributed by atoms with E-state index in [4.69, 9.17) is 4.74 Å². The summed E-state index contributed by atoms with van der Waals surface area (Å²) < 4.78 is 6.03. The van der Waals surface area contributed by atoms with Crippen LogP contribution in [-0.4, -0.2) is 36.4 Å². The molecule has 0 aliphatic carbocycles. The fourth-order valence-electron chi connectivity index (χ4n) is 1.93. The summed E-state index contributed by atoms with van der Waals surface area (Å²) in [5.74, 6) is -0.172. The van der Waals surface area contributed by atoms with Crippen LogP contribution in [0.4, 0.5) is 0 Å². The lowest BCUT2D eigenvalue weighted by Gasteiger charge is -2.21. The van der Waals surface area contributed by atoms with Crippen LogP contribution in [0.2, 0.25) is 0 Å². The zero-order valence-electron chi connectivity index (χ0n) is 10.2. The topological polar surface area (TPSA) is 58.6 Å². The van der Waals surface area contributed by atoms with Crippen LogP contribution in [0, 0.1) is 6.92 Å². The Kier molecular flexibility index (Phi) is 4.04. The van der Waals surface area contributed by atoms with Crippen molar-refractivity contribution in [2.24, 2.45) is 0 Å². The molecule has 1 aliphatic heterocycles. The second-order valence-electron chi connectivity index (χ2n) is 4.62. The molecule has 0 aromatic heterocycles. The fourth-order valence-corrected chi connectivity index (χ4v) is 2.30. The first-order valence-electron chi connectivity index (χ1n) is 5.85. The van der Waals surface area contributed by atoms with E-state index >= 15 is 0 Å². The summed E-state index contributed by atoms with van der Waals surface area (Å²) in [6.45, 7) is 2.93. The molecule has 4 nitrogen and oxygen atoms in total. The van der Waals surface area contributed by atoms with Crippen LogP contribution in [0.5, 0.6) is 0 Å². The van der Waals surface area contributed by atoms with Crippen LogP contribution >= 0.6 is 15.9 Å². The molecule has 1 unspecified atom stereocenters. The molecule has 1 heterocycles. The molecule has 18 heavy (non-hydrogen) atoms. The van der Waals surface area contributed by atoms with E-state index in [1.807, 2.05) is 19.1 Å². The number of halogens is 1. The van der Waals surface area contributed by atoms with E-state index in [9.17, 15) is 9.90 Å². The maximum Gasteiger partial charge on any atom is 0.251 e. The molecule has 5 heteroatoms. The van der Waals surface area contributed by atoms with E-state index < -0.39 is 5.60 Å². The van der Waals surface area contributed by atoms with Crippen LogP contribution in [0.25, 0.3) is 0 Å². The molecule has 1 amide bonds. The number of amides is 1. The van der Waals surface area contributed by atoms with Gasteiger partial charge in [-0.3, -0.25) is 4.79 Å². The maximum atomic E-state index is 12.0. The van der Waals surface area contributed by atoms with Gasteiger partial charge in [0.2, 0.25) is 0 Å². The number of aliphatic hydroxyl groups is 1. The van der Waals surface area contributed by atoms with Crippen molar-refractivity contribution in [2.45, 2.75) is 18.9 Å². The van der Waals surface area contributed by atoms with Crippen molar-refractivity contribution < 1.29 is 14.6 Å². The van der Waals surface area contributed by atoms with Crippen molar-refractivity contribution in [3.05, 3.63) is 33.8 Å². The van der Waals surface area contributed by atoms with Crippen molar-refractivity contribution in [3.63, 3.8) is 0 Å². The summed E-state index contributed by atoms with van der Waals surface area (Å²) in [5.41, 5.74) is 0.590. The number of rotatable bonds is 3. The van der Waals surface area contributed by atoms with Crippen LogP contribution in [0.15, 0.2) is 22.7 Å². The molecule has 1 atom stereocenters. The normalized spacial score (nSPS) is 23.1. The lowest BCUT2D eigenvalue weighted by Crippen LogP contribution is -2.43. The van der Waals surface area contributed by atoms with E-state index in [1.54, 1.807) is 6.07 Å². The average molecular weight is 314 g/mol. The number of carbonyl (C=O) groups excluding carboxylic acids is 1. The predicted octanol–water partition coefficient (Wildman–Crippen LogP) is 1.64. The third-order valence-electron chi connectivity index (χ3n) is 3.17. The molecular weight excluding hydrogens is 298 g/mol. The highest BCUT2D eigenvalue weighted by Crippen LogP contribution is 2.20. The number of nitrogens with one attached hydrogen (secondary N) is 1. The van der Waals surface area contributed by atoms with Gasteiger partial charge >= 0.3 is 0 Å². The van der Waals surface area contributed by atoms with Crippen LogP contribution in [0.1, 0.15) is 22.3 Å². The van der Waals surface area contributed by atoms with E-state index in [0.717, 1.165) is 10.0 Å². The molecule has 1 aliphatic rings. The molecule has 0 spiro atoms. The van der Waals surface area contributed by atoms with Gasteiger partial charge in [-0.1, -0.05) is 22.0 Å². The van der Waals surface area contributed by atoms with Crippen LogP contribution in [-0.2, 0) is 4.74 Å². The zero-order chi connectivity index (χ0) is 13.2. The van der Waals surface area contributed by atoms with Gasteiger partial charge in [-0.15, -0.1) is 0 Å². The smallest absolute Gasteiger partial charge is 0.251 e. The quantitative estimate of drug-likeness (QED) is 0.892. The van der Waals surface area contributed by atoms with E-state index in [2.05, 4.69) is 21.2 Å². The molecule has 0 radical (unpaired) electrons. The lowest BCUT2D eigenvalue weighted by atomic mass is 10.0. The first-order valence-corrected chi connectivity index (χ1v) is 6.65. The predicted molar refractivity (Wildman–Crippen MR) is 71.6 cm³/mol. The van der Waals surface area contributed by atoms with Gasteiger partial charge in [0.25, 0.3) is 5.91 Å². The third-order valence-corrected chi connectivity index (χ3v) is 4.03. The van der Waals surface area contributed by atoms with E-state index in [-0.39, 0.29) is 19.1 Å². The molecule has 0 saturated carbocycles. The summed E-state index contributed by atoms with van der Waals surface area (Å²) >= 11 is 3.39. The second-order valence-corrected chi connectivity index (χ2v) is 5.48. The Morgan fingerprint density at radius 3 is 3.06 bits per heavy atom. The van der Waals surface area contributed by atoms with Gasteiger partial charge < -0.3 is 15.2 Å². The molecular formula is C13H16BrNO3. The minimum Gasteiger partial charge on any atom is -0.386 e. The Morgan fingerprint density at radius 2 is 2.39 bits per heavy atom. The standard InChI is InChI=1S/C13H16BrNO3/c1-9-10(3-2-4-11(9)14)12(16)15-7-13(17)5-6-18-8-13/h2-4,17H,5-8H2,1H3,(H,15,16). The Morgan fingerprint density at radius 1 is 1.61 bits per heavy atom. The molecule has 1 aromatic carbocycles. The Balaban J connectivity index is 2.01. The van der Waals surface area contributed by atoms with Crippen molar-refractivity contribution in [3.8, 4) is 0 Å². The Hall–Kier alpha value is -0.910. The second kappa shape index (κ2) is 5.38. The number of hydrogen-bond donors (Lipinski definition) is 2. The largest absolute Gasteiger partial charge is 0.386 e. The van der Waals surface area contributed by atoms with Gasteiger partial charge in [0.05, 0.1) is 6.61 Å². The molecule has 1 fully saturated rings. The first kappa shape index (κ1) is 13.5. The number of hydrogen-bond acceptors (Lipinski definition) is 3. The summed E-state index contributed by atoms with van der Waals surface area (Å²) in [7, 11) is 0. The van der Waals surface area contributed by atoms with Crippen molar-refractivity contribution in [2.75, 3.05) is 19.8 Å². The van der Waals surface area contributed by atoms with Crippen LogP contribution < -0.4 is 5.32 Å². The molecule has 1 aromatic rings. The number of benzene rings is 1. The highest BCUT2D eigenvalue weighted by atomic mass is 79.9. The van der Waals surface area contributed by atoms with Gasteiger partial charge in [0.15, 0.2) is 0 Å². The maximum absolute atomic E-state index is 12.0. The van der Waals surface area contributed by atoms with Crippen molar-refractivity contribution >= 4 is 21.8 Å². The third kappa shape index (κ3) is 2.91. The minimum atomic E-state index is -0.921. The van der Waals surface area contributed by atoms with Gasteiger partial charge in [-0.2, -0.15) is 0 Å². The van der Waals surface area contributed by atoms with Crippen LogP contribution in [0.3, 0.4) is 0 Å². The van der Waals surface area contributed by atoms with Gasteiger partial charge in [0.1, 0.15) is 5.60 Å². The monoisotopic (exact) mass is 313 g/mol. The Bertz CT molecular complexity index is 456. The molecule has 98 valence electrons. The molecule has 2 N–H and O–H groups in total. The van der Waals surface area contributed by atoms with Crippen molar-refractivity contribution in [1.29, 1.82) is 0 Å². The van der Waals surface area contributed by atoms with Gasteiger partial charge in [-0.05, 0) is 24.6 Å². The SMILES string of the molecule is Cc1c(Br)cccc1C(=O)NCC1(O)CCOC1. The summed E-state index contributed by atoms with van der Waals surface area (Å²) in [5, 5.41) is 12.8. The van der Waals surface area contributed by atoms with Gasteiger partial charge in [0, 0.05) is 29.6 Å². The highest BCUT2D eigenvalue weighted by Gasteiger charge is 2.32. The summed E-state index contributed by atoms with van der Waals surface area (Å²) in [6, 6.07) is 5.48. The van der Waals surface area contributed by atoms with E-state index in [0.29, 0.717) is 18.6 Å².